The van der Waals surface area contributed by atoms with Crippen LogP contribution in [0.4, 0.5) is 5.13 Å². The van der Waals surface area contributed by atoms with E-state index in [0.717, 1.165) is 35.6 Å². The van der Waals surface area contributed by atoms with Crippen LogP contribution in [0.3, 0.4) is 0 Å². The van der Waals surface area contributed by atoms with Gasteiger partial charge < -0.3 is 10.7 Å². The number of aromatic amines is 1. The first-order valence-corrected chi connectivity index (χ1v) is 6.94. The number of nitrogens with two attached hydrogens (primary N) is 1. The van der Waals surface area contributed by atoms with Gasteiger partial charge >= 0.3 is 0 Å². The van der Waals surface area contributed by atoms with Crippen LogP contribution in [0.1, 0.15) is 22.0 Å². The Bertz CT molecular complexity index is 662. The van der Waals surface area contributed by atoms with E-state index < -0.39 is 0 Å². The van der Waals surface area contributed by atoms with Gasteiger partial charge in [0.25, 0.3) is 5.56 Å². The summed E-state index contributed by atoms with van der Waals surface area (Å²) in [4.78, 5) is 26.5. The SMILES string of the molecule is Cc1nc2c(c(=O)[nH]1)CN(Cc1cnc(N)s1)CC2. The summed E-state index contributed by atoms with van der Waals surface area (Å²) in [5, 5.41) is 0.586. The molecule has 0 fully saturated rings. The van der Waals surface area contributed by atoms with E-state index in [9.17, 15) is 4.79 Å². The molecule has 3 heterocycles. The number of hydrogen-bond donors (Lipinski definition) is 2. The second kappa shape index (κ2) is 4.75. The fourth-order valence-corrected chi connectivity index (χ4v) is 3.08. The Morgan fingerprint density at radius 3 is 3.16 bits per heavy atom. The molecule has 0 aromatic carbocycles. The van der Waals surface area contributed by atoms with Gasteiger partial charge in [0.05, 0.1) is 11.3 Å². The molecule has 0 radical (unpaired) electrons. The topological polar surface area (TPSA) is 87.9 Å². The highest BCUT2D eigenvalue weighted by Crippen LogP contribution is 2.20. The normalized spacial score (nSPS) is 15.4. The fraction of sp³-hybridized carbons (Fsp3) is 0.417. The van der Waals surface area contributed by atoms with Crippen LogP contribution in [0, 0.1) is 6.92 Å². The molecule has 19 heavy (non-hydrogen) atoms. The first kappa shape index (κ1) is 12.3. The van der Waals surface area contributed by atoms with Gasteiger partial charge in [-0.2, -0.15) is 0 Å². The predicted molar refractivity (Wildman–Crippen MR) is 73.9 cm³/mol. The number of nitrogens with one attached hydrogen (secondary N) is 1. The Balaban J connectivity index is 1.80. The maximum Gasteiger partial charge on any atom is 0.255 e. The van der Waals surface area contributed by atoms with Crippen molar-refractivity contribution in [2.75, 3.05) is 12.3 Å². The quantitative estimate of drug-likeness (QED) is 0.842. The second-order valence-electron chi connectivity index (χ2n) is 4.70. The summed E-state index contributed by atoms with van der Waals surface area (Å²) in [6, 6.07) is 0. The Hall–Kier alpha value is -1.73. The number of rotatable bonds is 2. The molecule has 1 aliphatic heterocycles. The summed E-state index contributed by atoms with van der Waals surface area (Å²) >= 11 is 1.49. The van der Waals surface area contributed by atoms with Crippen LogP contribution in [0.5, 0.6) is 0 Å². The Labute approximate surface area is 114 Å². The lowest BCUT2D eigenvalue weighted by Crippen LogP contribution is -2.35. The molecule has 100 valence electrons. The molecule has 3 N–H and O–H groups in total. The van der Waals surface area contributed by atoms with Crippen LogP contribution in [0.15, 0.2) is 11.0 Å². The smallest absolute Gasteiger partial charge is 0.255 e. The van der Waals surface area contributed by atoms with Crippen molar-refractivity contribution in [3.63, 3.8) is 0 Å². The number of thiazole rings is 1. The maximum atomic E-state index is 11.9. The highest BCUT2D eigenvalue weighted by molar-refractivity contribution is 7.15. The van der Waals surface area contributed by atoms with Crippen molar-refractivity contribution in [2.45, 2.75) is 26.4 Å². The molecule has 0 bridgehead atoms. The summed E-state index contributed by atoms with van der Waals surface area (Å²) in [5.74, 6) is 0.687. The number of H-pyrrole nitrogens is 1. The molecule has 6 nitrogen and oxygen atoms in total. The molecule has 1 aliphatic rings. The van der Waals surface area contributed by atoms with Crippen LogP contribution in [-0.2, 0) is 19.5 Å². The minimum Gasteiger partial charge on any atom is -0.375 e. The summed E-state index contributed by atoms with van der Waals surface area (Å²) in [6.07, 6.45) is 2.61. The fourth-order valence-electron chi connectivity index (χ4n) is 2.36. The van der Waals surface area contributed by atoms with E-state index in [-0.39, 0.29) is 5.56 Å². The van der Waals surface area contributed by atoms with Crippen molar-refractivity contribution in [2.24, 2.45) is 0 Å². The third-order valence-corrected chi connectivity index (χ3v) is 4.03. The highest BCUT2D eigenvalue weighted by atomic mass is 32.1. The average molecular weight is 277 g/mol. The molecule has 0 unspecified atom stereocenters. The molecule has 0 atom stereocenters. The number of nitrogens with zero attached hydrogens (tertiary/aromatic N) is 3. The van der Waals surface area contributed by atoms with E-state index in [1.807, 2.05) is 6.92 Å². The number of hydrogen-bond acceptors (Lipinski definition) is 6. The molecule has 7 heteroatoms. The van der Waals surface area contributed by atoms with Crippen LogP contribution in [0.25, 0.3) is 0 Å². The molecule has 0 spiro atoms. The number of fused-ring (bicyclic) bond motifs is 1. The molecule has 0 amide bonds. The zero-order valence-electron chi connectivity index (χ0n) is 10.6. The summed E-state index contributed by atoms with van der Waals surface area (Å²) in [5.41, 5.74) is 7.33. The lowest BCUT2D eigenvalue weighted by atomic mass is 10.1. The van der Waals surface area contributed by atoms with E-state index in [0.29, 0.717) is 17.5 Å². The molecule has 0 saturated heterocycles. The van der Waals surface area contributed by atoms with Crippen LogP contribution in [-0.4, -0.2) is 26.4 Å². The van der Waals surface area contributed by atoms with Gasteiger partial charge in [0.15, 0.2) is 5.13 Å². The van der Waals surface area contributed by atoms with Crippen LogP contribution < -0.4 is 11.3 Å². The zero-order chi connectivity index (χ0) is 13.4. The van der Waals surface area contributed by atoms with E-state index in [4.69, 9.17) is 5.73 Å². The zero-order valence-corrected chi connectivity index (χ0v) is 11.5. The predicted octanol–water partition coefficient (Wildman–Crippen LogP) is 0.675. The molecule has 0 aliphatic carbocycles. The summed E-state index contributed by atoms with van der Waals surface area (Å²) < 4.78 is 0. The largest absolute Gasteiger partial charge is 0.375 e. The second-order valence-corrected chi connectivity index (χ2v) is 5.85. The van der Waals surface area contributed by atoms with Gasteiger partial charge in [0.2, 0.25) is 0 Å². The Morgan fingerprint density at radius 1 is 1.58 bits per heavy atom. The minimum atomic E-state index is -0.0176. The molecular weight excluding hydrogens is 262 g/mol. The third kappa shape index (κ3) is 2.52. The van der Waals surface area contributed by atoms with Gasteiger partial charge in [0, 0.05) is 37.1 Å². The van der Waals surface area contributed by atoms with Crippen molar-refractivity contribution in [1.29, 1.82) is 0 Å². The van der Waals surface area contributed by atoms with Crippen LogP contribution in [0.2, 0.25) is 0 Å². The molecule has 2 aromatic heterocycles. The summed E-state index contributed by atoms with van der Waals surface area (Å²) in [7, 11) is 0. The van der Waals surface area contributed by atoms with Gasteiger partial charge in [0.1, 0.15) is 5.82 Å². The van der Waals surface area contributed by atoms with Crippen molar-refractivity contribution in [3.05, 3.63) is 38.5 Å². The average Bonchev–Trinajstić information content (AvgIpc) is 2.75. The van der Waals surface area contributed by atoms with E-state index in [1.165, 1.54) is 11.3 Å². The van der Waals surface area contributed by atoms with Crippen molar-refractivity contribution >= 4 is 16.5 Å². The maximum absolute atomic E-state index is 11.9. The molecular formula is C12H15N5OS. The monoisotopic (exact) mass is 277 g/mol. The van der Waals surface area contributed by atoms with E-state index >= 15 is 0 Å². The van der Waals surface area contributed by atoms with Crippen molar-refractivity contribution < 1.29 is 0 Å². The Kier molecular flexibility index (Phi) is 3.08. The lowest BCUT2D eigenvalue weighted by molar-refractivity contribution is 0.243. The van der Waals surface area contributed by atoms with Gasteiger partial charge in [-0.05, 0) is 6.92 Å². The summed E-state index contributed by atoms with van der Waals surface area (Å²) in [6.45, 7) is 4.13. The Morgan fingerprint density at radius 2 is 2.42 bits per heavy atom. The van der Waals surface area contributed by atoms with E-state index in [1.54, 1.807) is 6.20 Å². The van der Waals surface area contributed by atoms with Gasteiger partial charge in [-0.3, -0.25) is 9.69 Å². The first-order valence-electron chi connectivity index (χ1n) is 6.13. The number of anilines is 1. The van der Waals surface area contributed by atoms with Gasteiger partial charge in [-0.25, -0.2) is 9.97 Å². The van der Waals surface area contributed by atoms with Crippen LogP contribution >= 0.6 is 11.3 Å². The molecule has 2 aromatic rings. The standard InChI is InChI=1S/C12H15N5OS/c1-7-15-10-2-3-17(6-9(10)11(18)16-7)5-8-4-14-12(13)19-8/h4H,2-3,5-6H2,1H3,(H2,13,14)(H,15,16,18). The number of nitrogen functional groups attached to an aromatic ring is 1. The first-order chi connectivity index (χ1) is 9.11. The third-order valence-electron chi connectivity index (χ3n) is 3.22. The molecule has 0 saturated carbocycles. The minimum absolute atomic E-state index is 0.0176. The van der Waals surface area contributed by atoms with Gasteiger partial charge in [-0.15, -0.1) is 11.3 Å². The number of aryl methyl sites for hydroxylation is 1. The highest BCUT2D eigenvalue weighted by Gasteiger charge is 2.21. The van der Waals surface area contributed by atoms with Crippen molar-refractivity contribution in [3.8, 4) is 0 Å². The van der Waals surface area contributed by atoms with E-state index in [2.05, 4.69) is 19.9 Å². The number of aromatic nitrogens is 3. The van der Waals surface area contributed by atoms with Gasteiger partial charge in [-0.1, -0.05) is 0 Å². The van der Waals surface area contributed by atoms with Crippen molar-refractivity contribution in [1.82, 2.24) is 19.9 Å². The molecule has 3 rings (SSSR count). The lowest BCUT2D eigenvalue weighted by Gasteiger charge is -2.26.